The molecule has 0 aromatic heterocycles. The number of hydrogen-bond donors (Lipinski definition) is 1. The van der Waals surface area contributed by atoms with Crippen molar-refractivity contribution < 1.29 is 9.47 Å². The van der Waals surface area contributed by atoms with Gasteiger partial charge >= 0.3 is 0 Å². The van der Waals surface area contributed by atoms with Crippen LogP contribution in [0.4, 0.5) is 0 Å². The van der Waals surface area contributed by atoms with Crippen molar-refractivity contribution in [2.24, 2.45) is 5.92 Å². The molecule has 1 aromatic carbocycles. The average Bonchev–Trinajstić information content (AvgIpc) is 2.29. The fourth-order valence-corrected chi connectivity index (χ4v) is 1.30. The Labute approximate surface area is 97.0 Å². The number of methoxy groups -OCH3 is 1. The van der Waals surface area contributed by atoms with Crippen LogP contribution in [0.3, 0.4) is 0 Å². The van der Waals surface area contributed by atoms with Crippen LogP contribution in [-0.2, 0) is 11.3 Å². The molecule has 1 aromatic rings. The van der Waals surface area contributed by atoms with E-state index in [1.165, 1.54) is 0 Å². The summed E-state index contributed by atoms with van der Waals surface area (Å²) in [6, 6.07) is 7.93. The zero-order valence-corrected chi connectivity index (χ0v) is 10.2. The Balaban J connectivity index is 2.37. The van der Waals surface area contributed by atoms with E-state index in [1.807, 2.05) is 24.3 Å². The predicted molar refractivity (Wildman–Crippen MR) is 65.7 cm³/mol. The first-order valence-corrected chi connectivity index (χ1v) is 5.71. The van der Waals surface area contributed by atoms with Gasteiger partial charge in [0.15, 0.2) is 0 Å². The lowest BCUT2D eigenvalue weighted by Crippen LogP contribution is -2.07. The molecule has 0 saturated carbocycles. The third-order valence-electron chi connectivity index (χ3n) is 2.12. The summed E-state index contributed by atoms with van der Waals surface area (Å²) >= 11 is 4.21. The molecule has 0 heterocycles. The number of rotatable bonds is 6. The zero-order chi connectivity index (χ0) is 11.1. The lowest BCUT2D eigenvalue weighted by molar-refractivity contribution is 0.0982. The minimum absolute atomic E-state index is 0.499. The van der Waals surface area contributed by atoms with Crippen molar-refractivity contribution in [3.63, 3.8) is 0 Å². The van der Waals surface area contributed by atoms with Crippen molar-refractivity contribution in [2.75, 3.05) is 19.5 Å². The maximum absolute atomic E-state index is 5.57. The lowest BCUT2D eigenvalue weighted by Gasteiger charge is -2.09. The molecule has 0 N–H and O–H groups in total. The first kappa shape index (κ1) is 12.4. The highest BCUT2D eigenvalue weighted by Gasteiger charge is 2.00. The minimum Gasteiger partial charge on any atom is -0.497 e. The Kier molecular flexibility index (Phi) is 5.58. The van der Waals surface area contributed by atoms with Gasteiger partial charge in [-0.25, -0.2) is 0 Å². The van der Waals surface area contributed by atoms with Gasteiger partial charge in [-0.3, -0.25) is 0 Å². The van der Waals surface area contributed by atoms with E-state index >= 15 is 0 Å². The van der Waals surface area contributed by atoms with Crippen LogP contribution < -0.4 is 4.74 Å². The van der Waals surface area contributed by atoms with E-state index in [0.29, 0.717) is 12.5 Å². The van der Waals surface area contributed by atoms with Crippen LogP contribution in [-0.4, -0.2) is 19.5 Å². The quantitative estimate of drug-likeness (QED) is 0.752. The van der Waals surface area contributed by atoms with E-state index in [0.717, 1.165) is 23.7 Å². The van der Waals surface area contributed by atoms with E-state index < -0.39 is 0 Å². The van der Waals surface area contributed by atoms with E-state index in [2.05, 4.69) is 19.6 Å². The maximum Gasteiger partial charge on any atom is 0.119 e. The van der Waals surface area contributed by atoms with Crippen molar-refractivity contribution in [3.8, 4) is 5.75 Å². The summed E-state index contributed by atoms with van der Waals surface area (Å²) in [5.74, 6) is 2.23. The van der Waals surface area contributed by atoms with Gasteiger partial charge in [0.25, 0.3) is 0 Å². The van der Waals surface area contributed by atoms with Crippen molar-refractivity contribution in [1.82, 2.24) is 0 Å². The Morgan fingerprint density at radius 3 is 2.87 bits per heavy atom. The van der Waals surface area contributed by atoms with Gasteiger partial charge < -0.3 is 9.47 Å². The highest BCUT2D eigenvalue weighted by molar-refractivity contribution is 7.80. The van der Waals surface area contributed by atoms with Crippen molar-refractivity contribution in [1.29, 1.82) is 0 Å². The second-order valence-electron chi connectivity index (χ2n) is 3.65. The van der Waals surface area contributed by atoms with Crippen molar-refractivity contribution >= 4 is 12.6 Å². The minimum atomic E-state index is 0.499. The third-order valence-corrected chi connectivity index (χ3v) is 2.74. The summed E-state index contributed by atoms with van der Waals surface area (Å²) in [5, 5.41) is 0. The van der Waals surface area contributed by atoms with Gasteiger partial charge in [-0.1, -0.05) is 19.1 Å². The molecule has 0 fully saturated rings. The van der Waals surface area contributed by atoms with Gasteiger partial charge in [-0.15, -0.1) is 0 Å². The molecule has 3 heteroatoms. The third kappa shape index (κ3) is 4.58. The molecule has 1 atom stereocenters. The van der Waals surface area contributed by atoms with Crippen LogP contribution >= 0.6 is 12.6 Å². The Morgan fingerprint density at radius 1 is 1.40 bits per heavy atom. The van der Waals surface area contributed by atoms with Gasteiger partial charge in [0.2, 0.25) is 0 Å². The molecule has 0 aliphatic heterocycles. The summed E-state index contributed by atoms with van der Waals surface area (Å²) in [4.78, 5) is 0. The second-order valence-corrected chi connectivity index (χ2v) is 4.02. The molecular weight excluding hydrogens is 208 g/mol. The molecule has 0 aliphatic carbocycles. The van der Waals surface area contributed by atoms with Crippen LogP contribution in [0.1, 0.15) is 12.5 Å². The Morgan fingerprint density at radius 2 is 2.20 bits per heavy atom. The molecule has 0 radical (unpaired) electrons. The SMILES string of the molecule is COc1cccc(COCC(C)CS)c1. The van der Waals surface area contributed by atoms with E-state index in [-0.39, 0.29) is 0 Å². The largest absolute Gasteiger partial charge is 0.497 e. The topological polar surface area (TPSA) is 18.5 Å². The van der Waals surface area contributed by atoms with Crippen LogP contribution in [0.2, 0.25) is 0 Å². The summed E-state index contributed by atoms with van der Waals surface area (Å²) in [5.41, 5.74) is 1.14. The number of benzene rings is 1. The fraction of sp³-hybridized carbons (Fsp3) is 0.500. The standard InChI is InChI=1S/C12H18O2S/c1-10(9-15)7-14-8-11-4-3-5-12(6-11)13-2/h3-6,10,15H,7-9H2,1-2H3. The lowest BCUT2D eigenvalue weighted by atomic mass is 10.2. The van der Waals surface area contributed by atoms with Crippen molar-refractivity contribution in [2.45, 2.75) is 13.5 Å². The summed E-state index contributed by atoms with van der Waals surface area (Å²) in [6.45, 7) is 3.51. The second kappa shape index (κ2) is 6.75. The summed E-state index contributed by atoms with van der Waals surface area (Å²) < 4.78 is 10.7. The average molecular weight is 226 g/mol. The zero-order valence-electron chi connectivity index (χ0n) is 9.27. The molecule has 84 valence electrons. The molecule has 1 rings (SSSR count). The smallest absolute Gasteiger partial charge is 0.119 e. The van der Waals surface area contributed by atoms with E-state index in [1.54, 1.807) is 7.11 Å². The highest BCUT2D eigenvalue weighted by atomic mass is 32.1. The fourth-order valence-electron chi connectivity index (χ4n) is 1.19. The van der Waals surface area contributed by atoms with Gasteiger partial charge in [0.1, 0.15) is 5.75 Å². The molecule has 0 spiro atoms. The first-order chi connectivity index (χ1) is 7.26. The van der Waals surface area contributed by atoms with E-state index in [9.17, 15) is 0 Å². The van der Waals surface area contributed by atoms with Gasteiger partial charge in [0.05, 0.1) is 20.3 Å². The molecular formula is C12H18O2S. The number of ether oxygens (including phenoxy) is 2. The molecule has 15 heavy (non-hydrogen) atoms. The van der Waals surface area contributed by atoms with Crippen LogP contribution in [0.5, 0.6) is 5.75 Å². The van der Waals surface area contributed by atoms with Crippen LogP contribution in [0, 0.1) is 5.92 Å². The maximum atomic E-state index is 5.57. The molecule has 0 bridgehead atoms. The normalized spacial score (nSPS) is 12.5. The molecule has 0 amide bonds. The monoisotopic (exact) mass is 226 g/mol. The van der Waals surface area contributed by atoms with E-state index in [4.69, 9.17) is 9.47 Å². The van der Waals surface area contributed by atoms with Crippen LogP contribution in [0.25, 0.3) is 0 Å². The molecule has 0 aliphatic rings. The molecule has 2 nitrogen and oxygen atoms in total. The van der Waals surface area contributed by atoms with Gasteiger partial charge in [0, 0.05) is 0 Å². The molecule has 0 saturated heterocycles. The van der Waals surface area contributed by atoms with Gasteiger partial charge in [-0.05, 0) is 29.4 Å². The Hall–Kier alpha value is -0.670. The predicted octanol–water partition coefficient (Wildman–Crippen LogP) is 2.78. The first-order valence-electron chi connectivity index (χ1n) is 5.07. The summed E-state index contributed by atoms with van der Waals surface area (Å²) in [7, 11) is 1.67. The van der Waals surface area contributed by atoms with Crippen LogP contribution in [0.15, 0.2) is 24.3 Å². The molecule has 1 unspecified atom stereocenters. The van der Waals surface area contributed by atoms with Gasteiger partial charge in [-0.2, -0.15) is 12.6 Å². The number of thiol groups is 1. The number of hydrogen-bond acceptors (Lipinski definition) is 3. The highest BCUT2D eigenvalue weighted by Crippen LogP contribution is 2.13. The summed E-state index contributed by atoms with van der Waals surface area (Å²) in [6.07, 6.45) is 0. The Bertz CT molecular complexity index is 289. The van der Waals surface area contributed by atoms with Crippen molar-refractivity contribution in [3.05, 3.63) is 29.8 Å².